The highest BCUT2D eigenvalue weighted by Crippen LogP contribution is 2.50. The molecule has 3 aliphatic heterocycles. The Morgan fingerprint density at radius 3 is 2.46 bits per heavy atom. The van der Waals surface area contributed by atoms with Crippen LogP contribution in [0.1, 0.15) is 41.9 Å². The van der Waals surface area contributed by atoms with Crippen LogP contribution in [-0.2, 0) is 24.7 Å². The molecule has 2 amide bonds. The van der Waals surface area contributed by atoms with Crippen molar-refractivity contribution in [1.82, 2.24) is 10.2 Å². The number of likely N-dealkylation sites (tertiary alicyclic amines) is 1. The fourth-order valence-corrected chi connectivity index (χ4v) is 6.26. The number of ether oxygens (including phenoxy) is 2. The molecule has 3 heterocycles. The van der Waals surface area contributed by atoms with Crippen LogP contribution in [0, 0.1) is 11.2 Å². The normalized spacial score (nSPS) is 22.8. The lowest BCUT2D eigenvalue weighted by Crippen LogP contribution is -2.60. The van der Waals surface area contributed by atoms with Crippen LogP contribution in [0.2, 0.25) is 0 Å². The topological polar surface area (TPSA) is 67.9 Å². The summed E-state index contributed by atoms with van der Waals surface area (Å²) in [5.41, 5.74) is -1.91. The van der Waals surface area contributed by atoms with Gasteiger partial charge in [0.1, 0.15) is 5.82 Å². The highest BCUT2D eigenvalue weighted by molar-refractivity contribution is 5.88. The molecule has 0 saturated carbocycles. The predicted octanol–water partition coefficient (Wildman–Crippen LogP) is 4.56. The number of carbonyl (C=O) groups is 2. The Bertz CT molecular complexity index is 1270. The molecule has 0 aliphatic carbocycles. The van der Waals surface area contributed by atoms with E-state index < -0.39 is 23.1 Å². The zero-order valence-electron chi connectivity index (χ0n) is 21.5. The third-order valence-corrected chi connectivity index (χ3v) is 8.43. The van der Waals surface area contributed by atoms with Gasteiger partial charge in [0.2, 0.25) is 5.91 Å². The number of nitrogens with zero attached hydrogens (tertiary/aromatic N) is 1. The van der Waals surface area contributed by atoms with Crippen molar-refractivity contribution in [2.24, 2.45) is 5.41 Å². The molecule has 1 unspecified atom stereocenters. The molecule has 0 aromatic heterocycles. The third-order valence-electron chi connectivity index (χ3n) is 8.43. The summed E-state index contributed by atoms with van der Waals surface area (Å²) in [7, 11) is 0.900. The Morgan fingerprint density at radius 1 is 1.13 bits per heavy atom. The van der Waals surface area contributed by atoms with Crippen molar-refractivity contribution in [1.29, 1.82) is 0 Å². The molecule has 2 aromatic rings. The first-order valence-corrected chi connectivity index (χ1v) is 12.9. The summed E-state index contributed by atoms with van der Waals surface area (Å²) in [6.45, 7) is 1.06. The molecule has 2 aromatic carbocycles. The molecule has 1 spiro atoms. The van der Waals surface area contributed by atoms with Crippen molar-refractivity contribution < 1.29 is 36.6 Å². The summed E-state index contributed by atoms with van der Waals surface area (Å²) in [6, 6.07) is 11.8. The lowest BCUT2D eigenvalue weighted by Gasteiger charge is -2.50. The number of carbonyl (C=O) groups excluding carboxylic acids is 2. The third kappa shape index (κ3) is 4.84. The maximum absolute atomic E-state index is 14.8. The van der Waals surface area contributed by atoms with Crippen molar-refractivity contribution in [3.63, 3.8) is 0 Å². The number of hydrogen-bond donors (Lipinski definition) is 1. The Morgan fingerprint density at radius 2 is 1.85 bits per heavy atom. The van der Waals surface area contributed by atoms with E-state index in [2.05, 4.69) is 5.32 Å². The number of alkyl halides is 3. The first-order valence-electron chi connectivity index (χ1n) is 12.9. The number of hydrogen-bond acceptors (Lipinski definition) is 4. The van der Waals surface area contributed by atoms with Crippen LogP contribution in [0.4, 0.5) is 17.6 Å². The molecule has 0 radical (unpaired) electrons. The number of amides is 2. The summed E-state index contributed by atoms with van der Waals surface area (Å²) in [4.78, 5) is 27.4. The minimum Gasteiger partial charge on any atom is -0.373 e. The summed E-state index contributed by atoms with van der Waals surface area (Å²) in [5.74, 6) is -1.85. The van der Waals surface area contributed by atoms with Gasteiger partial charge >= 0.3 is 6.18 Å². The van der Waals surface area contributed by atoms with Gasteiger partial charge in [-0.3, -0.25) is 9.59 Å². The SMILES string of the molecule is COC(C(=O)N1CCC2(CC1)CC(=O)NC[C@H]2c1ccc(F)cc1)(c1cccc(C2=CCOC2)c1)C(F)(F)F. The zero-order chi connectivity index (χ0) is 27.8. The zero-order valence-corrected chi connectivity index (χ0v) is 21.5. The molecule has 39 heavy (non-hydrogen) atoms. The average molecular weight is 547 g/mol. The van der Waals surface area contributed by atoms with Gasteiger partial charge in [-0.15, -0.1) is 0 Å². The van der Waals surface area contributed by atoms with Gasteiger partial charge in [0.05, 0.1) is 13.2 Å². The van der Waals surface area contributed by atoms with Crippen molar-refractivity contribution >= 4 is 17.4 Å². The maximum Gasteiger partial charge on any atom is 0.430 e. The number of piperidine rings is 2. The number of halogens is 4. The van der Waals surface area contributed by atoms with Crippen molar-refractivity contribution in [3.05, 3.63) is 77.1 Å². The molecule has 5 rings (SSSR count). The summed E-state index contributed by atoms with van der Waals surface area (Å²) in [6.07, 6.45) is -2.39. The number of nitrogens with one attached hydrogen (secondary N) is 1. The number of rotatable bonds is 5. The summed E-state index contributed by atoms with van der Waals surface area (Å²) >= 11 is 0. The monoisotopic (exact) mass is 546 g/mol. The van der Waals surface area contributed by atoms with Crippen LogP contribution in [0.25, 0.3) is 5.57 Å². The lowest BCUT2D eigenvalue weighted by atomic mass is 9.62. The second-order valence-corrected chi connectivity index (χ2v) is 10.4. The molecule has 6 nitrogen and oxygen atoms in total. The van der Waals surface area contributed by atoms with E-state index in [9.17, 15) is 27.2 Å². The summed E-state index contributed by atoms with van der Waals surface area (Å²) in [5, 5.41) is 2.86. The number of methoxy groups -OCH3 is 1. The van der Waals surface area contributed by atoms with E-state index >= 15 is 0 Å². The van der Waals surface area contributed by atoms with E-state index in [1.165, 1.54) is 35.2 Å². The predicted molar refractivity (Wildman–Crippen MR) is 135 cm³/mol. The van der Waals surface area contributed by atoms with E-state index in [1.54, 1.807) is 24.3 Å². The molecule has 1 N–H and O–H groups in total. The van der Waals surface area contributed by atoms with Gasteiger partial charge in [-0.25, -0.2) is 4.39 Å². The lowest BCUT2D eigenvalue weighted by molar-refractivity contribution is -0.271. The van der Waals surface area contributed by atoms with E-state index in [1.807, 2.05) is 0 Å². The Balaban J connectivity index is 1.44. The van der Waals surface area contributed by atoms with Gasteiger partial charge in [0, 0.05) is 44.6 Å². The molecule has 2 fully saturated rings. The quantitative estimate of drug-likeness (QED) is 0.559. The minimum atomic E-state index is -5.03. The van der Waals surface area contributed by atoms with Crippen LogP contribution in [0.15, 0.2) is 54.6 Å². The highest BCUT2D eigenvalue weighted by Gasteiger charge is 2.64. The van der Waals surface area contributed by atoms with Gasteiger partial charge in [0.15, 0.2) is 0 Å². The Kier molecular flexibility index (Phi) is 7.28. The van der Waals surface area contributed by atoms with Crippen LogP contribution >= 0.6 is 0 Å². The highest BCUT2D eigenvalue weighted by atomic mass is 19.4. The largest absolute Gasteiger partial charge is 0.430 e. The molecule has 0 bridgehead atoms. The number of benzene rings is 2. The molecule has 2 saturated heterocycles. The van der Waals surface area contributed by atoms with Crippen LogP contribution in [0.5, 0.6) is 0 Å². The molecular formula is C29H30F4N2O4. The van der Waals surface area contributed by atoms with Crippen LogP contribution in [-0.4, -0.2) is 62.8 Å². The first kappa shape index (κ1) is 27.3. The minimum absolute atomic E-state index is 0.0314. The smallest absolute Gasteiger partial charge is 0.373 e. The maximum atomic E-state index is 14.8. The second kappa shape index (κ2) is 10.4. The molecular weight excluding hydrogens is 516 g/mol. The fraction of sp³-hybridized carbons (Fsp3) is 0.448. The first-order chi connectivity index (χ1) is 18.6. The Hall–Kier alpha value is -3.24. The van der Waals surface area contributed by atoms with Crippen molar-refractivity contribution in [2.45, 2.75) is 37.0 Å². The molecule has 10 heteroatoms. The summed E-state index contributed by atoms with van der Waals surface area (Å²) < 4.78 is 68.4. The Labute approximate surface area is 224 Å². The fourth-order valence-electron chi connectivity index (χ4n) is 6.26. The van der Waals surface area contributed by atoms with E-state index in [0.717, 1.165) is 18.2 Å². The van der Waals surface area contributed by atoms with E-state index in [4.69, 9.17) is 9.47 Å². The van der Waals surface area contributed by atoms with Gasteiger partial charge in [-0.1, -0.05) is 36.4 Å². The average Bonchev–Trinajstić information content (AvgIpc) is 3.45. The van der Waals surface area contributed by atoms with Crippen LogP contribution < -0.4 is 5.32 Å². The van der Waals surface area contributed by atoms with Crippen molar-refractivity contribution in [3.8, 4) is 0 Å². The standard InChI is InChI=1S/C29H30F4N2O4/c1-38-28(29(31,32)33,22-4-2-3-20(15-22)21-9-14-39-18-21)26(37)35-12-10-27(11-13-35)16-25(36)34-17-24(27)19-5-7-23(30)8-6-19/h2-9,15,24H,10-14,16-18H2,1H3,(H,34,36)/t24-,28?/m0/s1. The van der Waals surface area contributed by atoms with E-state index in [0.29, 0.717) is 31.6 Å². The van der Waals surface area contributed by atoms with Crippen LogP contribution in [0.3, 0.4) is 0 Å². The van der Waals surface area contributed by atoms with Crippen molar-refractivity contribution in [2.75, 3.05) is 40.0 Å². The molecule has 3 aliphatic rings. The second-order valence-electron chi connectivity index (χ2n) is 10.4. The molecule has 2 atom stereocenters. The van der Waals surface area contributed by atoms with E-state index in [-0.39, 0.29) is 49.3 Å². The van der Waals surface area contributed by atoms with Gasteiger partial charge in [-0.2, -0.15) is 13.2 Å². The van der Waals surface area contributed by atoms with Gasteiger partial charge < -0.3 is 19.7 Å². The van der Waals surface area contributed by atoms with Gasteiger partial charge in [0.25, 0.3) is 11.5 Å². The van der Waals surface area contributed by atoms with Gasteiger partial charge in [-0.05, 0) is 53.2 Å². The molecule has 208 valence electrons.